The van der Waals surface area contributed by atoms with Crippen LogP contribution in [0.4, 0.5) is 0 Å². The molecule has 1 unspecified atom stereocenters. The first-order valence-corrected chi connectivity index (χ1v) is 5.73. The number of rotatable bonds is 3. The molecule has 0 aromatic carbocycles. The summed E-state index contributed by atoms with van der Waals surface area (Å²) in [6.45, 7) is 3.70. The Hall–Kier alpha value is -1.31. The minimum atomic E-state index is -0.548. The number of hydrogen-bond donors (Lipinski definition) is 1. The van der Waals surface area contributed by atoms with Crippen LogP contribution in [0.25, 0.3) is 0 Å². The monoisotopic (exact) mass is 271 g/mol. The molecule has 1 rings (SSSR count). The number of carbonyl (C=O) groups excluding carboxylic acids is 1. The normalized spacial score (nSPS) is 12.0. The van der Waals surface area contributed by atoms with Crippen LogP contribution in [-0.2, 0) is 0 Å². The van der Waals surface area contributed by atoms with Gasteiger partial charge < -0.3 is 5.32 Å². The molecule has 1 N–H and O–H groups in total. The predicted molar refractivity (Wildman–Crippen MR) is 66.0 cm³/mol. The van der Waals surface area contributed by atoms with E-state index in [0.29, 0.717) is 0 Å². The van der Waals surface area contributed by atoms with Gasteiger partial charge in [0.2, 0.25) is 0 Å². The Morgan fingerprint density at radius 3 is 2.35 bits per heavy atom. The fourth-order valence-electron chi connectivity index (χ4n) is 1.17. The summed E-state index contributed by atoms with van der Waals surface area (Å²) >= 11 is 11.4. The lowest BCUT2D eigenvalue weighted by Crippen LogP contribution is -2.37. The molecule has 90 valence electrons. The van der Waals surface area contributed by atoms with Crippen LogP contribution in [0.3, 0.4) is 0 Å². The summed E-state index contributed by atoms with van der Waals surface area (Å²) in [6.07, 6.45) is 0. The van der Waals surface area contributed by atoms with E-state index < -0.39 is 11.9 Å². The molecule has 0 aliphatic carbocycles. The molecule has 6 heteroatoms. The summed E-state index contributed by atoms with van der Waals surface area (Å²) in [5, 5.41) is 11.7. The van der Waals surface area contributed by atoms with Crippen LogP contribution in [-0.4, -0.2) is 16.9 Å². The average Bonchev–Trinajstić information content (AvgIpc) is 2.23. The number of pyridine rings is 1. The quantitative estimate of drug-likeness (QED) is 0.860. The van der Waals surface area contributed by atoms with Gasteiger partial charge in [0.25, 0.3) is 5.91 Å². The second-order valence-corrected chi connectivity index (χ2v) is 4.60. The molecule has 1 aromatic rings. The van der Waals surface area contributed by atoms with Crippen molar-refractivity contribution in [2.75, 3.05) is 0 Å². The van der Waals surface area contributed by atoms with Crippen LogP contribution in [0.5, 0.6) is 0 Å². The molecule has 0 fully saturated rings. The molecular weight excluding hydrogens is 261 g/mol. The van der Waals surface area contributed by atoms with Gasteiger partial charge in [0.1, 0.15) is 16.3 Å². The lowest BCUT2D eigenvalue weighted by molar-refractivity contribution is 0.0937. The molecular formula is C11H11Cl2N3O. The maximum Gasteiger partial charge on any atom is 0.252 e. The predicted octanol–water partition coefficient (Wildman–Crippen LogP) is 2.67. The summed E-state index contributed by atoms with van der Waals surface area (Å²) < 4.78 is 0. The van der Waals surface area contributed by atoms with Crippen LogP contribution in [0.2, 0.25) is 10.3 Å². The number of amides is 1. The number of carbonyl (C=O) groups is 1. The molecule has 0 saturated heterocycles. The zero-order valence-corrected chi connectivity index (χ0v) is 10.9. The van der Waals surface area contributed by atoms with Crippen molar-refractivity contribution < 1.29 is 4.79 Å². The molecule has 1 heterocycles. The minimum absolute atomic E-state index is 0.0248. The van der Waals surface area contributed by atoms with Gasteiger partial charge in [0.15, 0.2) is 0 Å². The van der Waals surface area contributed by atoms with Crippen LogP contribution in [0.1, 0.15) is 24.2 Å². The van der Waals surface area contributed by atoms with Crippen molar-refractivity contribution in [3.63, 3.8) is 0 Å². The van der Waals surface area contributed by atoms with Gasteiger partial charge in [-0.1, -0.05) is 37.0 Å². The standard InChI is InChI=1S/C11H11Cl2N3O/c1-6(2)8(5-14)15-11(17)7-3-9(12)16-10(13)4-7/h3-4,6,8H,1-2H3,(H,15,17). The summed E-state index contributed by atoms with van der Waals surface area (Å²) in [4.78, 5) is 15.6. The molecule has 1 aromatic heterocycles. The van der Waals surface area contributed by atoms with Crippen LogP contribution in [0.15, 0.2) is 12.1 Å². The van der Waals surface area contributed by atoms with Crippen LogP contribution < -0.4 is 5.32 Å². The molecule has 0 radical (unpaired) electrons. The van der Waals surface area contributed by atoms with Gasteiger partial charge >= 0.3 is 0 Å². The highest BCUT2D eigenvalue weighted by molar-refractivity contribution is 6.33. The van der Waals surface area contributed by atoms with Crippen LogP contribution in [0, 0.1) is 17.2 Å². The lowest BCUT2D eigenvalue weighted by atomic mass is 10.1. The van der Waals surface area contributed by atoms with E-state index in [9.17, 15) is 4.79 Å². The fourth-order valence-corrected chi connectivity index (χ4v) is 1.63. The van der Waals surface area contributed by atoms with Gasteiger partial charge in [-0.05, 0) is 18.1 Å². The van der Waals surface area contributed by atoms with Gasteiger partial charge in [-0.25, -0.2) is 4.98 Å². The highest BCUT2D eigenvalue weighted by atomic mass is 35.5. The third kappa shape index (κ3) is 3.88. The number of nitriles is 1. The van der Waals surface area contributed by atoms with Gasteiger partial charge in [-0.3, -0.25) is 4.79 Å². The highest BCUT2D eigenvalue weighted by Crippen LogP contribution is 2.15. The maximum absolute atomic E-state index is 11.8. The first-order valence-electron chi connectivity index (χ1n) is 4.97. The summed E-state index contributed by atoms with van der Waals surface area (Å²) in [5.41, 5.74) is 0.288. The first-order chi connectivity index (χ1) is 7.93. The summed E-state index contributed by atoms with van der Waals surface area (Å²) in [5.74, 6) is -0.367. The van der Waals surface area contributed by atoms with E-state index in [-0.39, 0.29) is 21.8 Å². The van der Waals surface area contributed by atoms with E-state index in [1.807, 2.05) is 19.9 Å². The smallest absolute Gasteiger partial charge is 0.252 e. The van der Waals surface area contributed by atoms with E-state index in [4.69, 9.17) is 28.5 Å². The summed E-state index contributed by atoms with van der Waals surface area (Å²) in [7, 11) is 0. The van der Waals surface area contributed by atoms with Crippen molar-refractivity contribution in [3.05, 3.63) is 28.0 Å². The van der Waals surface area contributed by atoms with Gasteiger partial charge in [0, 0.05) is 5.56 Å². The lowest BCUT2D eigenvalue weighted by Gasteiger charge is -2.14. The molecule has 1 atom stereocenters. The van der Waals surface area contributed by atoms with Crippen molar-refractivity contribution in [1.82, 2.24) is 10.3 Å². The Kier molecular flexibility index (Phi) is 4.73. The molecule has 4 nitrogen and oxygen atoms in total. The second-order valence-electron chi connectivity index (χ2n) is 3.83. The molecule has 0 aliphatic rings. The van der Waals surface area contributed by atoms with Crippen molar-refractivity contribution in [3.8, 4) is 6.07 Å². The number of halogens is 2. The van der Waals surface area contributed by atoms with Crippen molar-refractivity contribution in [2.24, 2.45) is 5.92 Å². The third-order valence-corrected chi connectivity index (χ3v) is 2.50. The van der Waals surface area contributed by atoms with Gasteiger partial charge in [-0.2, -0.15) is 5.26 Å². The van der Waals surface area contributed by atoms with Gasteiger partial charge in [0.05, 0.1) is 6.07 Å². The van der Waals surface area contributed by atoms with E-state index in [2.05, 4.69) is 10.3 Å². The average molecular weight is 272 g/mol. The molecule has 0 spiro atoms. The Morgan fingerprint density at radius 1 is 1.41 bits per heavy atom. The van der Waals surface area contributed by atoms with Crippen molar-refractivity contribution >= 4 is 29.1 Å². The largest absolute Gasteiger partial charge is 0.336 e. The van der Waals surface area contributed by atoms with Crippen LogP contribution >= 0.6 is 23.2 Å². The zero-order valence-electron chi connectivity index (χ0n) is 9.37. The number of hydrogen-bond acceptors (Lipinski definition) is 3. The topological polar surface area (TPSA) is 65.8 Å². The maximum atomic E-state index is 11.8. The van der Waals surface area contributed by atoms with Crippen molar-refractivity contribution in [2.45, 2.75) is 19.9 Å². The Balaban J connectivity index is 2.87. The van der Waals surface area contributed by atoms with Crippen molar-refractivity contribution in [1.29, 1.82) is 5.26 Å². The minimum Gasteiger partial charge on any atom is -0.336 e. The van der Waals surface area contributed by atoms with Gasteiger partial charge in [-0.15, -0.1) is 0 Å². The molecule has 0 aliphatic heterocycles. The van der Waals surface area contributed by atoms with E-state index >= 15 is 0 Å². The molecule has 17 heavy (non-hydrogen) atoms. The number of nitrogens with one attached hydrogen (secondary N) is 1. The van der Waals surface area contributed by atoms with E-state index in [0.717, 1.165) is 0 Å². The Bertz CT molecular complexity index is 448. The molecule has 0 saturated carbocycles. The Morgan fingerprint density at radius 2 is 1.94 bits per heavy atom. The second kappa shape index (κ2) is 5.85. The highest BCUT2D eigenvalue weighted by Gasteiger charge is 2.17. The fraction of sp³-hybridized carbons (Fsp3) is 0.364. The Labute approximate surface area is 110 Å². The zero-order chi connectivity index (χ0) is 13.0. The first kappa shape index (κ1) is 13.8. The SMILES string of the molecule is CC(C)C(C#N)NC(=O)c1cc(Cl)nc(Cl)c1. The van der Waals surface area contributed by atoms with E-state index in [1.54, 1.807) is 0 Å². The molecule has 0 bridgehead atoms. The summed E-state index contributed by atoms with van der Waals surface area (Å²) in [6, 6.07) is 4.27. The third-order valence-electron chi connectivity index (χ3n) is 2.12. The molecule has 1 amide bonds. The number of nitrogens with zero attached hydrogens (tertiary/aromatic N) is 2. The number of aromatic nitrogens is 1. The van der Waals surface area contributed by atoms with E-state index in [1.165, 1.54) is 12.1 Å².